The second kappa shape index (κ2) is 16.3. The van der Waals surface area contributed by atoms with Crippen molar-refractivity contribution in [1.82, 2.24) is 10.0 Å². The zero-order chi connectivity index (χ0) is 36.2. The molecule has 2 N–H and O–H groups in total. The molecule has 2 bridgehead atoms. The average Bonchev–Trinajstić information content (AvgIpc) is 3.07. The van der Waals surface area contributed by atoms with Crippen LogP contribution in [0.15, 0.2) is 52.9 Å². The van der Waals surface area contributed by atoms with Crippen LogP contribution in [0.5, 0.6) is 5.75 Å². The number of urea groups is 1. The summed E-state index contributed by atoms with van der Waals surface area (Å²) in [5.74, 6) is 0.617. The van der Waals surface area contributed by atoms with Gasteiger partial charge in [0.05, 0.1) is 29.8 Å². The maximum atomic E-state index is 14.5. The van der Waals surface area contributed by atoms with Gasteiger partial charge in [-0.15, -0.1) is 4.36 Å². The summed E-state index contributed by atoms with van der Waals surface area (Å²) in [6, 6.07) is 10.7. The van der Waals surface area contributed by atoms with Gasteiger partial charge in [-0.05, 0) is 124 Å². The van der Waals surface area contributed by atoms with E-state index in [1.807, 2.05) is 39.0 Å². The Morgan fingerprint density at radius 2 is 1.98 bits per heavy atom. The van der Waals surface area contributed by atoms with E-state index in [1.54, 1.807) is 13.2 Å². The highest BCUT2D eigenvalue weighted by molar-refractivity contribution is 7.92. The monoisotopic (exact) mass is 740 g/mol. The number of aryl methyl sites for hydroxylation is 1. The molecule has 0 radical (unpaired) electrons. The van der Waals surface area contributed by atoms with Gasteiger partial charge in [0, 0.05) is 43.4 Å². The number of benzene rings is 2. The first-order valence-corrected chi connectivity index (χ1v) is 20.5. The Bertz CT molecular complexity index is 1740. The molecule has 2 aliphatic heterocycles. The Hall–Kier alpha value is -3.12. The quantitative estimate of drug-likeness (QED) is 0.305. The van der Waals surface area contributed by atoms with Gasteiger partial charge < -0.3 is 24.4 Å². The SMILES string of the molecule is CCOC1(C)CC(NC(=O)NS2(=O)=NC(=O)c3ccc4c(c3)N(Cc3ccc(Cl)cc3CCCCO4)C[C@@H]3CC[C@H]3[C@@H](OC)/C=C/C[C@H](C)C2)C1. The molecular formula is C39H53ClN4O6S. The molecule has 0 saturated heterocycles. The summed E-state index contributed by atoms with van der Waals surface area (Å²) in [5, 5.41) is 3.63. The van der Waals surface area contributed by atoms with Gasteiger partial charge in [0.15, 0.2) is 0 Å². The van der Waals surface area contributed by atoms with Crippen molar-refractivity contribution in [2.75, 3.05) is 37.5 Å². The average molecular weight is 741 g/mol. The summed E-state index contributed by atoms with van der Waals surface area (Å²) < 4.78 is 39.6. The van der Waals surface area contributed by atoms with Crippen molar-refractivity contribution in [3.63, 3.8) is 0 Å². The van der Waals surface area contributed by atoms with Crippen molar-refractivity contribution in [1.29, 1.82) is 0 Å². The van der Waals surface area contributed by atoms with E-state index < -0.39 is 21.9 Å². The van der Waals surface area contributed by atoms with Crippen LogP contribution in [0.1, 0.15) is 87.2 Å². The van der Waals surface area contributed by atoms with Crippen molar-refractivity contribution < 1.29 is 28.0 Å². The van der Waals surface area contributed by atoms with Gasteiger partial charge in [-0.3, -0.25) is 9.52 Å². The molecule has 6 rings (SSSR count). The lowest BCUT2D eigenvalue weighted by atomic mass is 9.70. The number of halogens is 1. The van der Waals surface area contributed by atoms with Gasteiger partial charge in [0.2, 0.25) is 0 Å². The molecular weight excluding hydrogens is 688 g/mol. The number of amides is 3. The molecule has 2 heterocycles. The molecule has 5 atom stereocenters. The lowest BCUT2D eigenvalue weighted by Crippen LogP contribution is -2.57. The summed E-state index contributed by atoms with van der Waals surface area (Å²) in [6.07, 6.45) is 10.9. The van der Waals surface area contributed by atoms with Crippen LogP contribution in [0.25, 0.3) is 0 Å². The Balaban J connectivity index is 1.37. The lowest BCUT2D eigenvalue weighted by molar-refractivity contribution is -0.0940. The van der Waals surface area contributed by atoms with E-state index in [9.17, 15) is 13.8 Å². The second-order valence-electron chi connectivity index (χ2n) is 15.0. The molecule has 2 aliphatic carbocycles. The smallest absolute Gasteiger partial charge is 0.327 e. The van der Waals surface area contributed by atoms with Crippen LogP contribution >= 0.6 is 11.6 Å². The highest BCUT2D eigenvalue weighted by Gasteiger charge is 2.42. The fraction of sp³-hybridized carbons (Fsp3) is 0.590. The molecule has 10 nitrogen and oxygen atoms in total. The second-order valence-corrected chi connectivity index (χ2v) is 17.5. The summed E-state index contributed by atoms with van der Waals surface area (Å²) in [6.45, 7) is 8.40. The van der Waals surface area contributed by atoms with Crippen LogP contribution in [-0.4, -0.2) is 66.5 Å². The summed E-state index contributed by atoms with van der Waals surface area (Å²) in [4.78, 5) is 29.5. The van der Waals surface area contributed by atoms with Crippen molar-refractivity contribution in [3.05, 3.63) is 70.3 Å². The molecule has 2 saturated carbocycles. The first-order valence-electron chi connectivity index (χ1n) is 18.5. The van der Waals surface area contributed by atoms with Gasteiger partial charge in [0.25, 0.3) is 5.91 Å². The van der Waals surface area contributed by atoms with Crippen LogP contribution in [0, 0.1) is 17.8 Å². The number of anilines is 1. The van der Waals surface area contributed by atoms with E-state index in [2.05, 4.69) is 43.6 Å². The van der Waals surface area contributed by atoms with Crippen molar-refractivity contribution in [2.45, 2.75) is 96.4 Å². The largest absolute Gasteiger partial charge is 0.491 e. The van der Waals surface area contributed by atoms with Gasteiger partial charge in [-0.1, -0.05) is 36.7 Å². The van der Waals surface area contributed by atoms with E-state index in [0.717, 1.165) is 44.3 Å². The number of carbonyl (C=O) groups is 2. The number of fused-ring (bicyclic) bond motifs is 3. The molecule has 0 spiro atoms. The minimum absolute atomic E-state index is 0.0149. The molecule has 2 aromatic rings. The number of hydrogen-bond donors (Lipinski definition) is 2. The predicted molar refractivity (Wildman–Crippen MR) is 202 cm³/mol. The van der Waals surface area contributed by atoms with Gasteiger partial charge in [0.1, 0.15) is 15.7 Å². The summed E-state index contributed by atoms with van der Waals surface area (Å²) >= 11 is 6.47. The number of carbonyl (C=O) groups excluding carboxylic acids is 2. The van der Waals surface area contributed by atoms with Crippen LogP contribution < -0.4 is 19.7 Å². The number of nitrogens with one attached hydrogen (secondary N) is 2. The predicted octanol–water partition coefficient (Wildman–Crippen LogP) is 7.48. The fourth-order valence-electron chi connectivity index (χ4n) is 8.09. The number of rotatable bonds is 5. The zero-order valence-corrected chi connectivity index (χ0v) is 31.9. The maximum Gasteiger partial charge on any atom is 0.327 e. The molecule has 2 aromatic carbocycles. The number of nitrogens with zero attached hydrogens (tertiary/aromatic N) is 2. The lowest BCUT2D eigenvalue weighted by Gasteiger charge is -2.44. The van der Waals surface area contributed by atoms with Gasteiger partial charge >= 0.3 is 6.03 Å². The highest BCUT2D eigenvalue weighted by Crippen LogP contribution is 2.42. The first kappa shape index (κ1) is 37.6. The minimum atomic E-state index is -3.51. The number of hydrogen-bond acceptors (Lipinski definition) is 7. The number of allylic oxidation sites excluding steroid dienone is 1. The molecule has 3 amide bonds. The zero-order valence-electron chi connectivity index (χ0n) is 30.3. The molecule has 4 aliphatic rings. The normalized spacial score (nSPS) is 31.9. The number of methoxy groups -OCH3 is 1. The van der Waals surface area contributed by atoms with E-state index in [-0.39, 0.29) is 35.0 Å². The molecule has 278 valence electrons. The Morgan fingerprint density at radius 3 is 2.73 bits per heavy atom. The fourth-order valence-corrected chi connectivity index (χ4v) is 10.1. The van der Waals surface area contributed by atoms with E-state index in [1.165, 1.54) is 11.1 Å². The van der Waals surface area contributed by atoms with Crippen LogP contribution in [0.4, 0.5) is 10.5 Å². The van der Waals surface area contributed by atoms with Crippen LogP contribution in [0.2, 0.25) is 5.02 Å². The van der Waals surface area contributed by atoms with Crippen molar-refractivity contribution in [2.24, 2.45) is 22.1 Å². The van der Waals surface area contributed by atoms with Crippen molar-refractivity contribution >= 4 is 39.1 Å². The topological polar surface area (TPSA) is 119 Å². The molecule has 51 heavy (non-hydrogen) atoms. The Labute approximate surface area is 308 Å². The van der Waals surface area contributed by atoms with Crippen LogP contribution in [-0.2, 0) is 32.4 Å². The van der Waals surface area contributed by atoms with E-state index in [4.69, 9.17) is 25.8 Å². The summed E-state index contributed by atoms with van der Waals surface area (Å²) in [7, 11) is -1.75. The molecule has 1 unspecified atom stereocenters. The van der Waals surface area contributed by atoms with Crippen molar-refractivity contribution in [3.8, 4) is 5.75 Å². The molecule has 2 fully saturated rings. The maximum absolute atomic E-state index is 14.5. The third-order valence-corrected chi connectivity index (χ3v) is 13.1. The third kappa shape index (κ3) is 9.28. The third-order valence-electron chi connectivity index (χ3n) is 10.8. The summed E-state index contributed by atoms with van der Waals surface area (Å²) in [5.41, 5.74) is 3.18. The van der Waals surface area contributed by atoms with Crippen LogP contribution in [0.3, 0.4) is 0 Å². The van der Waals surface area contributed by atoms with E-state index in [0.29, 0.717) is 61.6 Å². The van der Waals surface area contributed by atoms with E-state index >= 15 is 0 Å². The Morgan fingerprint density at radius 1 is 1.16 bits per heavy atom. The molecule has 0 aromatic heterocycles. The highest BCUT2D eigenvalue weighted by atomic mass is 35.5. The van der Waals surface area contributed by atoms with Gasteiger partial charge in [-0.2, -0.15) is 0 Å². The standard InChI is InChI=1S/C39H53ClN4O6S/c1-5-50-39(3)21-32(22-39)41-38(46)43-51(47)25-26(2)9-8-11-35(48-4)33-16-13-30(33)24-44-23-29-12-15-31(40)19-27(29)10-6-7-18-49-36-17-14-28(20-34(36)44)37(45)42-51/h8,11-12,14-15,17,19-20,26,30,32-33,35H,5-7,9-10,13,16,18,21-25H2,1-4H3,(H2,41,42,43,45,46,47)/b11-8+/t26-,30-,32?,33+,35-,39?,51?/m0/s1. The molecule has 12 heteroatoms. The minimum Gasteiger partial charge on any atom is -0.491 e. The number of ether oxygens (including phenoxy) is 3. The van der Waals surface area contributed by atoms with Gasteiger partial charge in [-0.25, -0.2) is 9.00 Å². The first-order chi connectivity index (χ1) is 24.5. The Kier molecular flexibility index (Phi) is 12.0.